The van der Waals surface area contributed by atoms with E-state index in [4.69, 9.17) is 9.47 Å². The number of amides is 1. The van der Waals surface area contributed by atoms with Crippen LogP contribution in [-0.2, 0) is 4.79 Å². The van der Waals surface area contributed by atoms with Crippen LogP contribution in [0.25, 0.3) is 16.9 Å². The molecule has 0 unspecified atom stereocenters. The van der Waals surface area contributed by atoms with E-state index in [9.17, 15) is 4.79 Å². The molecule has 3 aromatic rings. The Morgan fingerprint density at radius 2 is 1.59 bits per heavy atom. The number of aromatic nitrogens is 3. The molecule has 0 atom stereocenters. The highest BCUT2D eigenvalue weighted by Gasteiger charge is 2.54. The maximum Gasteiger partial charge on any atom is 0.230 e. The smallest absolute Gasteiger partial charge is 0.230 e. The lowest BCUT2D eigenvalue weighted by atomic mass is 9.49. The molecule has 4 aliphatic carbocycles. The average Bonchev–Trinajstić information content (AvgIpc) is 3.33. The lowest BCUT2D eigenvalue weighted by Crippen LogP contribution is -2.51. The standard InChI is InChI=1S/C27H30N4O3/c1-33-24-8-3-20(12-25(24)34-2)23-16-28-30-31(23)22-6-4-21(5-7-22)29-26(32)27-13-17-9-18(14-27)11-19(10-17)15-27/h3-8,12,16-19H,9-11,13-15H2,1-2H3,(H,29,32). The first kappa shape index (κ1) is 21.2. The Bertz CT molecular complexity index is 1180. The van der Waals surface area contributed by atoms with Crippen LogP contribution in [0.1, 0.15) is 38.5 Å². The number of rotatable bonds is 6. The van der Waals surface area contributed by atoms with Gasteiger partial charge in [-0.25, -0.2) is 4.68 Å². The zero-order valence-corrected chi connectivity index (χ0v) is 19.7. The van der Waals surface area contributed by atoms with E-state index in [2.05, 4.69) is 15.6 Å². The van der Waals surface area contributed by atoms with E-state index in [1.165, 1.54) is 19.3 Å². The van der Waals surface area contributed by atoms with Gasteiger partial charge in [0.25, 0.3) is 0 Å². The molecule has 0 aliphatic heterocycles. The second-order valence-corrected chi connectivity index (χ2v) is 10.3. The highest BCUT2D eigenvalue weighted by molar-refractivity contribution is 5.95. The van der Waals surface area contributed by atoms with E-state index >= 15 is 0 Å². The number of carbonyl (C=O) groups excluding carboxylic acids is 1. The fourth-order valence-corrected chi connectivity index (χ4v) is 6.96. The lowest BCUT2D eigenvalue weighted by molar-refractivity contribution is -0.140. The fraction of sp³-hybridized carbons (Fsp3) is 0.444. The molecule has 4 fully saturated rings. The molecule has 34 heavy (non-hydrogen) atoms. The summed E-state index contributed by atoms with van der Waals surface area (Å²) in [5, 5.41) is 11.6. The maximum atomic E-state index is 13.4. The topological polar surface area (TPSA) is 78.3 Å². The summed E-state index contributed by atoms with van der Waals surface area (Å²) in [6.45, 7) is 0. The molecule has 0 saturated heterocycles. The number of methoxy groups -OCH3 is 2. The molecule has 1 aromatic heterocycles. The predicted octanol–water partition coefficient (Wildman–Crippen LogP) is 5.11. The summed E-state index contributed by atoms with van der Waals surface area (Å²) in [5.74, 6) is 3.79. The largest absolute Gasteiger partial charge is 0.493 e. The minimum atomic E-state index is -0.153. The molecular weight excluding hydrogens is 428 g/mol. The van der Waals surface area contributed by atoms with Crippen molar-refractivity contribution in [2.24, 2.45) is 23.2 Å². The Morgan fingerprint density at radius 1 is 0.941 bits per heavy atom. The van der Waals surface area contributed by atoms with Gasteiger partial charge in [-0.3, -0.25) is 4.79 Å². The molecule has 1 amide bonds. The average molecular weight is 459 g/mol. The molecule has 176 valence electrons. The highest BCUT2D eigenvalue weighted by Crippen LogP contribution is 2.60. The van der Waals surface area contributed by atoms with Gasteiger partial charge in [0.1, 0.15) is 0 Å². The quantitative estimate of drug-likeness (QED) is 0.556. The number of nitrogens with zero attached hydrogens (tertiary/aromatic N) is 3. The van der Waals surface area contributed by atoms with Crippen LogP contribution in [0.5, 0.6) is 11.5 Å². The van der Waals surface area contributed by atoms with Crippen LogP contribution in [0, 0.1) is 23.2 Å². The molecule has 4 aliphatic rings. The van der Waals surface area contributed by atoms with Gasteiger partial charge in [0.2, 0.25) is 5.91 Å². The maximum absolute atomic E-state index is 13.4. The third kappa shape index (κ3) is 3.54. The van der Waals surface area contributed by atoms with Gasteiger partial charge in [0.05, 0.1) is 37.2 Å². The van der Waals surface area contributed by atoms with Crippen molar-refractivity contribution < 1.29 is 14.3 Å². The van der Waals surface area contributed by atoms with Crippen LogP contribution in [-0.4, -0.2) is 35.1 Å². The number of ether oxygens (including phenoxy) is 2. The third-order valence-electron chi connectivity index (χ3n) is 8.12. The Morgan fingerprint density at radius 3 is 2.21 bits per heavy atom. The van der Waals surface area contributed by atoms with Gasteiger partial charge in [-0.05, 0) is 98.7 Å². The summed E-state index contributed by atoms with van der Waals surface area (Å²) in [7, 11) is 3.24. The second kappa shape index (κ2) is 8.15. The van der Waals surface area contributed by atoms with E-state index in [1.54, 1.807) is 25.1 Å². The minimum Gasteiger partial charge on any atom is -0.493 e. The van der Waals surface area contributed by atoms with E-state index in [0.717, 1.165) is 59.6 Å². The first-order valence-corrected chi connectivity index (χ1v) is 12.1. The summed E-state index contributed by atoms with van der Waals surface area (Å²) in [6.07, 6.45) is 8.93. The van der Waals surface area contributed by atoms with Crippen molar-refractivity contribution >= 4 is 11.6 Å². The van der Waals surface area contributed by atoms with Gasteiger partial charge in [0, 0.05) is 11.3 Å². The minimum absolute atomic E-state index is 0.153. The zero-order valence-electron chi connectivity index (χ0n) is 19.7. The zero-order chi connectivity index (χ0) is 23.3. The molecule has 7 nitrogen and oxygen atoms in total. The van der Waals surface area contributed by atoms with Crippen LogP contribution in [0.3, 0.4) is 0 Å². The third-order valence-corrected chi connectivity index (χ3v) is 8.12. The van der Waals surface area contributed by atoms with Crippen LogP contribution < -0.4 is 14.8 Å². The van der Waals surface area contributed by atoms with Gasteiger partial charge in [-0.1, -0.05) is 5.21 Å². The predicted molar refractivity (Wildman–Crippen MR) is 129 cm³/mol. The Balaban J connectivity index is 1.21. The van der Waals surface area contributed by atoms with Crippen molar-refractivity contribution in [2.75, 3.05) is 19.5 Å². The Kier molecular flexibility index (Phi) is 5.08. The first-order chi connectivity index (χ1) is 16.6. The van der Waals surface area contributed by atoms with Gasteiger partial charge in [-0.15, -0.1) is 5.10 Å². The van der Waals surface area contributed by atoms with Gasteiger partial charge in [0.15, 0.2) is 11.5 Å². The Labute approximate surface area is 199 Å². The van der Waals surface area contributed by atoms with Crippen LogP contribution in [0.15, 0.2) is 48.7 Å². The highest BCUT2D eigenvalue weighted by atomic mass is 16.5. The molecule has 7 heteroatoms. The van der Waals surface area contributed by atoms with Crippen LogP contribution in [0.4, 0.5) is 5.69 Å². The number of hydrogen-bond acceptors (Lipinski definition) is 5. The second-order valence-electron chi connectivity index (χ2n) is 10.3. The molecule has 0 spiro atoms. The lowest BCUT2D eigenvalue weighted by Gasteiger charge is -2.55. The summed E-state index contributed by atoms with van der Waals surface area (Å²) in [4.78, 5) is 13.4. The molecule has 4 saturated carbocycles. The molecule has 1 N–H and O–H groups in total. The Hall–Kier alpha value is -3.35. The monoisotopic (exact) mass is 458 g/mol. The van der Waals surface area contributed by atoms with Crippen molar-refractivity contribution in [2.45, 2.75) is 38.5 Å². The summed E-state index contributed by atoms with van der Waals surface area (Å²) in [6, 6.07) is 13.6. The number of hydrogen-bond donors (Lipinski definition) is 1. The van der Waals surface area contributed by atoms with Crippen LogP contribution in [0.2, 0.25) is 0 Å². The number of benzene rings is 2. The van der Waals surface area contributed by atoms with Gasteiger partial charge < -0.3 is 14.8 Å². The van der Waals surface area contributed by atoms with Crippen molar-refractivity contribution in [3.63, 3.8) is 0 Å². The molecule has 4 bridgehead atoms. The summed E-state index contributed by atoms with van der Waals surface area (Å²) >= 11 is 0. The van der Waals surface area contributed by atoms with E-state index in [1.807, 2.05) is 42.5 Å². The number of nitrogens with one attached hydrogen (secondary N) is 1. The van der Waals surface area contributed by atoms with Crippen molar-refractivity contribution in [3.05, 3.63) is 48.7 Å². The summed E-state index contributed by atoms with van der Waals surface area (Å²) < 4.78 is 12.6. The normalized spacial score (nSPS) is 26.9. The molecule has 1 heterocycles. The van der Waals surface area contributed by atoms with Gasteiger partial charge in [-0.2, -0.15) is 0 Å². The van der Waals surface area contributed by atoms with E-state index in [0.29, 0.717) is 11.5 Å². The first-order valence-electron chi connectivity index (χ1n) is 12.1. The van der Waals surface area contributed by atoms with E-state index in [-0.39, 0.29) is 11.3 Å². The van der Waals surface area contributed by atoms with Crippen molar-refractivity contribution in [1.29, 1.82) is 0 Å². The van der Waals surface area contributed by atoms with Crippen molar-refractivity contribution in [1.82, 2.24) is 15.0 Å². The number of carbonyl (C=O) groups is 1. The molecule has 2 aromatic carbocycles. The summed E-state index contributed by atoms with van der Waals surface area (Å²) in [5.41, 5.74) is 3.31. The molecular formula is C27H30N4O3. The molecule has 7 rings (SSSR count). The molecule has 0 radical (unpaired) electrons. The number of anilines is 1. The van der Waals surface area contributed by atoms with E-state index < -0.39 is 0 Å². The SMILES string of the molecule is COc1ccc(-c2cnnn2-c2ccc(NC(=O)C34CC5CC(CC(C5)C3)C4)cc2)cc1OC. The fourth-order valence-electron chi connectivity index (χ4n) is 6.96. The van der Waals surface area contributed by atoms with Gasteiger partial charge >= 0.3 is 0 Å². The van der Waals surface area contributed by atoms with Crippen molar-refractivity contribution in [3.8, 4) is 28.4 Å². The van der Waals surface area contributed by atoms with Crippen LogP contribution >= 0.6 is 0 Å².